The quantitative estimate of drug-likeness (QED) is 0.850. The van der Waals surface area contributed by atoms with Crippen molar-refractivity contribution in [3.63, 3.8) is 0 Å². The molecular weight excluding hydrogens is 319 g/mol. The molecule has 0 radical (unpaired) electrons. The first kappa shape index (κ1) is 18.0. The van der Waals surface area contributed by atoms with E-state index in [1.54, 1.807) is 6.92 Å². The number of carbonyl (C=O) groups is 1. The molecule has 0 heterocycles. The third-order valence-electron chi connectivity index (χ3n) is 3.71. The van der Waals surface area contributed by atoms with E-state index in [9.17, 15) is 23.1 Å². The van der Waals surface area contributed by atoms with Crippen molar-refractivity contribution in [2.75, 3.05) is 0 Å². The standard InChI is InChI=1S/C18H18F3NO2/c1-11(18(24)13-3-6-14(19)7-4-13)22-17(23)9-5-12-2-8-15(20)10-16(12)21/h2-4,6-8,10-11,18,24H,5,9H2,1H3,(H,22,23). The van der Waals surface area contributed by atoms with E-state index in [2.05, 4.69) is 5.32 Å². The van der Waals surface area contributed by atoms with Crippen LogP contribution >= 0.6 is 0 Å². The normalized spacial score (nSPS) is 13.4. The van der Waals surface area contributed by atoms with Crippen LogP contribution in [0.1, 0.15) is 30.6 Å². The third kappa shape index (κ3) is 4.83. The van der Waals surface area contributed by atoms with E-state index in [4.69, 9.17) is 0 Å². The summed E-state index contributed by atoms with van der Waals surface area (Å²) in [6.45, 7) is 1.62. The smallest absolute Gasteiger partial charge is 0.220 e. The average molecular weight is 337 g/mol. The van der Waals surface area contributed by atoms with Gasteiger partial charge in [0.15, 0.2) is 0 Å². The molecule has 2 atom stereocenters. The molecule has 0 aliphatic carbocycles. The van der Waals surface area contributed by atoms with Crippen LogP contribution in [0.2, 0.25) is 0 Å². The molecule has 6 heteroatoms. The Morgan fingerprint density at radius 1 is 1.08 bits per heavy atom. The number of amides is 1. The topological polar surface area (TPSA) is 49.3 Å². The lowest BCUT2D eigenvalue weighted by molar-refractivity contribution is -0.122. The summed E-state index contributed by atoms with van der Waals surface area (Å²) >= 11 is 0. The van der Waals surface area contributed by atoms with E-state index in [-0.39, 0.29) is 24.3 Å². The highest BCUT2D eigenvalue weighted by molar-refractivity contribution is 5.76. The van der Waals surface area contributed by atoms with Gasteiger partial charge in [0.05, 0.1) is 12.1 Å². The lowest BCUT2D eigenvalue weighted by Crippen LogP contribution is -2.37. The van der Waals surface area contributed by atoms with Gasteiger partial charge in [0.25, 0.3) is 0 Å². The highest BCUT2D eigenvalue weighted by atomic mass is 19.1. The van der Waals surface area contributed by atoms with E-state index >= 15 is 0 Å². The maximum absolute atomic E-state index is 13.5. The summed E-state index contributed by atoms with van der Waals surface area (Å²) in [4.78, 5) is 11.9. The first-order valence-corrected chi connectivity index (χ1v) is 7.53. The highest BCUT2D eigenvalue weighted by Crippen LogP contribution is 2.17. The minimum Gasteiger partial charge on any atom is -0.386 e. The SMILES string of the molecule is CC(NC(=O)CCc1ccc(F)cc1F)C(O)c1ccc(F)cc1. The molecule has 2 aromatic rings. The molecule has 0 aromatic heterocycles. The van der Waals surface area contributed by atoms with Gasteiger partial charge in [-0.05, 0) is 42.7 Å². The van der Waals surface area contributed by atoms with Gasteiger partial charge in [0, 0.05) is 12.5 Å². The molecule has 1 amide bonds. The zero-order valence-electron chi connectivity index (χ0n) is 13.1. The fourth-order valence-electron chi connectivity index (χ4n) is 2.33. The van der Waals surface area contributed by atoms with Crippen molar-refractivity contribution in [3.05, 3.63) is 71.0 Å². The van der Waals surface area contributed by atoms with Crippen LogP contribution in [0, 0.1) is 17.5 Å². The number of aliphatic hydroxyl groups excluding tert-OH is 1. The van der Waals surface area contributed by atoms with Crippen LogP contribution in [0.15, 0.2) is 42.5 Å². The van der Waals surface area contributed by atoms with Crippen LogP contribution in [-0.4, -0.2) is 17.1 Å². The van der Waals surface area contributed by atoms with Gasteiger partial charge >= 0.3 is 0 Å². The molecule has 0 saturated heterocycles. The van der Waals surface area contributed by atoms with Gasteiger partial charge in [0.1, 0.15) is 17.5 Å². The number of carbonyl (C=O) groups excluding carboxylic acids is 1. The van der Waals surface area contributed by atoms with Crippen LogP contribution in [-0.2, 0) is 11.2 Å². The van der Waals surface area contributed by atoms with Crippen LogP contribution in [0.5, 0.6) is 0 Å². The first-order chi connectivity index (χ1) is 11.4. The molecule has 0 fully saturated rings. The van der Waals surface area contributed by atoms with Crippen molar-refractivity contribution >= 4 is 5.91 Å². The summed E-state index contributed by atoms with van der Waals surface area (Å²) in [7, 11) is 0. The Morgan fingerprint density at radius 3 is 2.33 bits per heavy atom. The molecule has 128 valence electrons. The molecule has 24 heavy (non-hydrogen) atoms. The van der Waals surface area contributed by atoms with Crippen LogP contribution in [0.25, 0.3) is 0 Å². The van der Waals surface area contributed by atoms with E-state index in [0.29, 0.717) is 5.56 Å². The van der Waals surface area contributed by atoms with E-state index < -0.39 is 29.6 Å². The number of benzene rings is 2. The highest BCUT2D eigenvalue weighted by Gasteiger charge is 2.18. The Hall–Kier alpha value is -2.34. The molecular formula is C18H18F3NO2. The van der Waals surface area contributed by atoms with Crippen molar-refractivity contribution in [2.24, 2.45) is 0 Å². The van der Waals surface area contributed by atoms with E-state index in [0.717, 1.165) is 12.1 Å². The van der Waals surface area contributed by atoms with Crippen LogP contribution < -0.4 is 5.32 Å². The first-order valence-electron chi connectivity index (χ1n) is 7.53. The Balaban J connectivity index is 1.88. The lowest BCUT2D eigenvalue weighted by Gasteiger charge is -2.20. The number of hydrogen-bond acceptors (Lipinski definition) is 2. The van der Waals surface area contributed by atoms with E-state index in [1.165, 1.54) is 30.3 Å². The molecule has 2 unspecified atom stereocenters. The summed E-state index contributed by atoms with van der Waals surface area (Å²) < 4.78 is 39.2. The Bertz CT molecular complexity index is 704. The maximum atomic E-state index is 13.5. The second kappa shape index (κ2) is 7.97. The molecule has 3 nitrogen and oxygen atoms in total. The lowest BCUT2D eigenvalue weighted by atomic mass is 10.0. The number of hydrogen-bond donors (Lipinski definition) is 2. The zero-order chi connectivity index (χ0) is 17.7. The predicted molar refractivity (Wildman–Crippen MR) is 83.6 cm³/mol. The van der Waals surface area contributed by atoms with Crippen molar-refractivity contribution in [1.82, 2.24) is 5.32 Å². The zero-order valence-corrected chi connectivity index (χ0v) is 13.1. The fraction of sp³-hybridized carbons (Fsp3) is 0.278. The van der Waals surface area contributed by atoms with Gasteiger partial charge in [0.2, 0.25) is 5.91 Å². The van der Waals surface area contributed by atoms with Crippen LogP contribution in [0.3, 0.4) is 0 Å². The summed E-state index contributed by atoms with van der Waals surface area (Å²) in [5.41, 5.74) is 0.729. The Kier molecular flexibility index (Phi) is 5.98. The van der Waals surface area contributed by atoms with E-state index in [1.807, 2.05) is 0 Å². The van der Waals surface area contributed by atoms with Gasteiger partial charge in [-0.1, -0.05) is 18.2 Å². The molecule has 2 rings (SSSR count). The van der Waals surface area contributed by atoms with Gasteiger partial charge in [-0.2, -0.15) is 0 Å². The number of aryl methyl sites for hydroxylation is 1. The molecule has 0 aliphatic rings. The third-order valence-corrected chi connectivity index (χ3v) is 3.71. The Labute approximate surface area is 138 Å². The predicted octanol–water partition coefficient (Wildman–Crippen LogP) is 3.27. The molecule has 0 aliphatic heterocycles. The second-order valence-electron chi connectivity index (χ2n) is 5.59. The molecule has 0 spiro atoms. The minimum atomic E-state index is -0.989. The maximum Gasteiger partial charge on any atom is 0.220 e. The van der Waals surface area contributed by atoms with Gasteiger partial charge in [-0.25, -0.2) is 13.2 Å². The monoisotopic (exact) mass is 337 g/mol. The molecule has 0 bridgehead atoms. The molecule has 2 aromatic carbocycles. The number of nitrogens with one attached hydrogen (secondary N) is 1. The number of rotatable bonds is 6. The fourth-order valence-corrected chi connectivity index (χ4v) is 2.33. The van der Waals surface area contributed by atoms with Crippen molar-refractivity contribution < 1.29 is 23.1 Å². The summed E-state index contributed by atoms with van der Waals surface area (Å²) in [5.74, 6) is -2.14. The molecule has 0 saturated carbocycles. The summed E-state index contributed by atoms with van der Waals surface area (Å²) in [6, 6.07) is 7.95. The van der Waals surface area contributed by atoms with Gasteiger partial charge < -0.3 is 10.4 Å². The van der Waals surface area contributed by atoms with Gasteiger partial charge in [-0.15, -0.1) is 0 Å². The number of aliphatic hydroxyl groups is 1. The summed E-state index contributed by atoms with van der Waals surface area (Å²) in [5, 5.41) is 12.8. The second-order valence-corrected chi connectivity index (χ2v) is 5.59. The van der Waals surface area contributed by atoms with Crippen LogP contribution in [0.4, 0.5) is 13.2 Å². The van der Waals surface area contributed by atoms with Crippen molar-refractivity contribution in [2.45, 2.75) is 31.9 Å². The Morgan fingerprint density at radius 2 is 1.71 bits per heavy atom. The van der Waals surface area contributed by atoms with Crippen molar-refractivity contribution in [1.29, 1.82) is 0 Å². The largest absolute Gasteiger partial charge is 0.386 e. The summed E-state index contributed by atoms with van der Waals surface area (Å²) in [6.07, 6.45) is -0.863. The average Bonchev–Trinajstić information content (AvgIpc) is 2.54. The minimum absolute atomic E-state index is 0.00301. The number of halogens is 3. The van der Waals surface area contributed by atoms with Gasteiger partial charge in [-0.3, -0.25) is 4.79 Å². The molecule has 2 N–H and O–H groups in total. The van der Waals surface area contributed by atoms with Crippen molar-refractivity contribution in [3.8, 4) is 0 Å².